The zero-order valence-corrected chi connectivity index (χ0v) is 10.6. The molecule has 0 aromatic heterocycles. The van der Waals surface area contributed by atoms with Crippen molar-refractivity contribution < 1.29 is 9.18 Å². The second kappa shape index (κ2) is 5.70. The van der Waals surface area contributed by atoms with Gasteiger partial charge in [-0.05, 0) is 37.0 Å². The van der Waals surface area contributed by atoms with Crippen LogP contribution < -0.4 is 10.6 Å². The average Bonchev–Trinajstić information content (AvgIpc) is 2.39. The lowest BCUT2D eigenvalue weighted by Crippen LogP contribution is -2.35. The second-order valence-corrected chi connectivity index (χ2v) is 4.88. The lowest BCUT2D eigenvalue weighted by atomic mass is 9.93. The number of piperidine rings is 1. The molecule has 2 N–H and O–H groups in total. The molecule has 1 aliphatic heterocycles. The van der Waals surface area contributed by atoms with Crippen molar-refractivity contribution in [1.82, 2.24) is 0 Å². The van der Waals surface area contributed by atoms with Crippen molar-refractivity contribution >= 4 is 11.6 Å². The van der Waals surface area contributed by atoms with Crippen LogP contribution in [0.5, 0.6) is 0 Å². The van der Waals surface area contributed by atoms with Gasteiger partial charge in [-0.3, -0.25) is 4.79 Å². The Morgan fingerprint density at radius 2 is 2.16 bits per heavy atom. The molecule has 0 unspecified atom stereocenters. The van der Waals surface area contributed by atoms with E-state index in [1.807, 2.05) is 6.07 Å². The molecule has 0 spiro atoms. The number of halogens is 1. The van der Waals surface area contributed by atoms with Crippen molar-refractivity contribution in [3.8, 4) is 6.07 Å². The second-order valence-electron chi connectivity index (χ2n) is 4.88. The topological polar surface area (TPSA) is 70.1 Å². The number of rotatable bonds is 3. The van der Waals surface area contributed by atoms with Gasteiger partial charge in [0.2, 0.25) is 5.91 Å². The number of hydrogen-bond donors (Lipinski definition) is 1. The van der Waals surface area contributed by atoms with Gasteiger partial charge in [0.25, 0.3) is 0 Å². The molecule has 0 radical (unpaired) electrons. The monoisotopic (exact) mass is 261 g/mol. The Labute approximate surface area is 111 Å². The summed E-state index contributed by atoms with van der Waals surface area (Å²) < 4.78 is 13.5. The number of anilines is 1. The first-order valence-electron chi connectivity index (χ1n) is 6.33. The van der Waals surface area contributed by atoms with Crippen LogP contribution in [0.15, 0.2) is 18.2 Å². The van der Waals surface area contributed by atoms with E-state index in [-0.39, 0.29) is 11.5 Å². The Morgan fingerprint density at radius 3 is 2.68 bits per heavy atom. The van der Waals surface area contributed by atoms with E-state index in [0.29, 0.717) is 12.3 Å². The van der Waals surface area contributed by atoms with E-state index < -0.39 is 5.82 Å². The number of primary amides is 1. The normalized spacial score (nSPS) is 16.1. The van der Waals surface area contributed by atoms with Crippen LogP contribution in [-0.4, -0.2) is 19.0 Å². The first-order chi connectivity index (χ1) is 9.10. The third-order valence-electron chi connectivity index (χ3n) is 3.54. The Morgan fingerprint density at radius 1 is 1.47 bits per heavy atom. The number of carbonyl (C=O) groups excluding carboxylic acids is 1. The maximum atomic E-state index is 13.5. The highest BCUT2D eigenvalue weighted by atomic mass is 19.1. The van der Waals surface area contributed by atoms with Crippen LogP contribution >= 0.6 is 0 Å². The van der Waals surface area contributed by atoms with Crippen molar-refractivity contribution in [2.75, 3.05) is 18.0 Å². The smallest absolute Gasteiger partial charge is 0.217 e. The van der Waals surface area contributed by atoms with E-state index in [0.717, 1.165) is 31.6 Å². The minimum Gasteiger partial charge on any atom is -0.371 e. The molecule has 4 nitrogen and oxygen atoms in total. The third-order valence-corrected chi connectivity index (χ3v) is 3.54. The molecule has 2 rings (SSSR count). The van der Waals surface area contributed by atoms with Crippen LogP contribution in [0.3, 0.4) is 0 Å². The molecule has 0 atom stereocenters. The Hall–Kier alpha value is -2.09. The Kier molecular flexibility index (Phi) is 4.00. The zero-order valence-electron chi connectivity index (χ0n) is 10.6. The summed E-state index contributed by atoms with van der Waals surface area (Å²) in [5.74, 6) is -0.417. The molecule has 1 aromatic rings. The highest BCUT2D eigenvalue weighted by Gasteiger charge is 2.21. The molecule has 0 saturated carbocycles. The number of benzene rings is 1. The lowest BCUT2D eigenvalue weighted by Gasteiger charge is -2.33. The third kappa shape index (κ3) is 3.22. The standard InChI is InChI=1S/C14H16FN3O/c15-13-8-12(2-1-11(13)9-16)18-5-3-10(4-6-18)7-14(17)19/h1-2,8,10H,3-7H2,(H2,17,19). The van der Waals surface area contributed by atoms with Gasteiger partial charge in [0.1, 0.15) is 11.9 Å². The molecule has 5 heteroatoms. The molecule has 19 heavy (non-hydrogen) atoms. The Bertz CT molecular complexity index is 516. The summed E-state index contributed by atoms with van der Waals surface area (Å²) in [6, 6.07) is 6.47. The van der Waals surface area contributed by atoms with Gasteiger partial charge >= 0.3 is 0 Å². The summed E-state index contributed by atoms with van der Waals surface area (Å²) in [7, 11) is 0. The van der Waals surface area contributed by atoms with Crippen molar-refractivity contribution in [1.29, 1.82) is 5.26 Å². The van der Waals surface area contributed by atoms with Gasteiger partial charge in [-0.1, -0.05) is 0 Å². The largest absolute Gasteiger partial charge is 0.371 e. The summed E-state index contributed by atoms with van der Waals surface area (Å²) >= 11 is 0. The fourth-order valence-corrected chi connectivity index (χ4v) is 2.47. The van der Waals surface area contributed by atoms with Crippen LogP contribution in [0.1, 0.15) is 24.8 Å². The number of hydrogen-bond acceptors (Lipinski definition) is 3. The zero-order chi connectivity index (χ0) is 13.8. The predicted octanol–water partition coefficient (Wildman–Crippen LogP) is 1.79. The summed E-state index contributed by atoms with van der Waals surface area (Å²) in [4.78, 5) is 12.9. The summed E-state index contributed by atoms with van der Waals surface area (Å²) in [6.45, 7) is 1.56. The SMILES string of the molecule is N#Cc1ccc(N2CCC(CC(N)=O)CC2)cc1F. The molecule has 0 aliphatic carbocycles. The Balaban J connectivity index is 2.00. The highest BCUT2D eigenvalue weighted by Crippen LogP contribution is 2.26. The first-order valence-corrected chi connectivity index (χ1v) is 6.33. The molecule has 1 fully saturated rings. The highest BCUT2D eigenvalue weighted by molar-refractivity contribution is 5.74. The number of nitriles is 1. The average molecular weight is 261 g/mol. The van der Waals surface area contributed by atoms with Gasteiger partial charge in [0, 0.05) is 25.2 Å². The lowest BCUT2D eigenvalue weighted by molar-refractivity contribution is -0.119. The predicted molar refractivity (Wildman–Crippen MR) is 69.9 cm³/mol. The number of amides is 1. The van der Waals surface area contributed by atoms with E-state index >= 15 is 0 Å². The maximum absolute atomic E-state index is 13.5. The van der Waals surface area contributed by atoms with Gasteiger partial charge in [-0.25, -0.2) is 4.39 Å². The molecular formula is C14H16FN3O. The van der Waals surface area contributed by atoms with Crippen molar-refractivity contribution in [3.63, 3.8) is 0 Å². The number of nitrogens with two attached hydrogens (primary N) is 1. The molecular weight excluding hydrogens is 245 g/mol. The van der Waals surface area contributed by atoms with Crippen LogP contribution in [0.2, 0.25) is 0 Å². The van der Waals surface area contributed by atoms with Crippen molar-refractivity contribution in [3.05, 3.63) is 29.6 Å². The molecule has 1 amide bonds. The van der Waals surface area contributed by atoms with Crippen LogP contribution in [-0.2, 0) is 4.79 Å². The summed E-state index contributed by atoms with van der Waals surface area (Å²) in [5.41, 5.74) is 6.04. The van der Waals surface area contributed by atoms with E-state index in [1.165, 1.54) is 12.1 Å². The summed E-state index contributed by atoms with van der Waals surface area (Å²) in [5, 5.41) is 8.69. The van der Waals surface area contributed by atoms with Crippen LogP contribution in [0.25, 0.3) is 0 Å². The fourth-order valence-electron chi connectivity index (χ4n) is 2.47. The van der Waals surface area contributed by atoms with E-state index in [2.05, 4.69) is 4.90 Å². The van der Waals surface area contributed by atoms with Crippen LogP contribution in [0, 0.1) is 23.1 Å². The van der Waals surface area contributed by atoms with Crippen LogP contribution in [0.4, 0.5) is 10.1 Å². The van der Waals surface area contributed by atoms with Gasteiger partial charge in [-0.2, -0.15) is 5.26 Å². The number of carbonyl (C=O) groups is 1. The number of nitrogens with zero attached hydrogens (tertiary/aromatic N) is 2. The van der Waals surface area contributed by atoms with E-state index in [4.69, 9.17) is 11.0 Å². The molecule has 1 aliphatic rings. The van der Waals surface area contributed by atoms with Gasteiger partial charge < -0.3 is 10.6 Å². The molecule has 100 valence electrons. The fraction of sp³-hybridized carbons (Fsp3) is 0.429. The first kappa shape index (κ1) is 13.3. The minimum absolute atomic E-state index is 0.0624. The van der Waals surface area contributed by atoms with Gasteiger partial charge in [0.05, 0.1) is 5.56 Å². The summed E-state index contributed by atoms with van der Waals surface area (Å²) in [6.07, 6.45) is 2.19. The van der Waals surface area contributed by atoms with Crippen molar-refractivity contribution in [2.24, 2.45) is 11.7 Å². The molecule has 1 saturated heterocycles. The van der Waals surface area contributed by atoms with E-state index in [9.17, 15) is 9.18 Å². The molecule has 1 heterocycles. The van der Waals surface area contributed by atoms with Gasteiger partial charge in [0.15, 0.2) is 0 Å². The molecule has 1 aromatic carbocycles. The van der Waals surface area contributed by atoms with Gasteiger partial charge in [-0.15, -0.1) is 0 Å². The van der Waals surface area contributed by atoms with Crippen molar-refractivity contribution in [2.45, 2.75) is 19.3 Å². The quantitative estimate of drug-likeness (QED) is 0.901. The van der Waals surface area contributed by atoms with E-state index in [1.54, 1.807) is 6.07 Å². The molecule has 0 bridgehead atoms. The maximum Gasteiger partial charge on any atom is 0.217 e. The minimum atomic E-state index is -0.487.